The zero-order chi connectivity index (χ0) is 9.42. The second-order valence-corrected chi connectivity index (χ2v) is 4.70. The van der Waals surface area contributed by atoms with Gasteiger partial charge in [0.05, 0.1) is 0 Å². The maximum Gasteiger partial charge on any atom is 0.0256 e. The third-order valence-corrected chi connectivity index (χ3v) is 3.69. The van der Waals surface area contributed by atoms with Crippen LogP contribution in [0.15, 0.2) is 11.6 Å². The second-order valence-electron chi connectivity index (χ2n) is 4.70. The molecule has 0 heterocycles. The van der Waals surface area contributed by atoms with Crippen molar-refractivity contribution in [2.75, 3.05) is 0 Å². The van der Waals surface area contributed by atoms with E-state index in [1.807, 2.05) is 0 Å². The van der Waals surface area contributed by atoms with Crippen LogP contribution in [0.3, 0.4) is 0 Å². The molecule has 0 amide bonds. The summed E-state index contributed by atoms with van der Waals surface area (Å²) in [6, 6.07) is 0.379. The van der Waals surface area contributed by atoms with Crippen molar-refractivity contribution in [1.29, 1.82) is 0 Å². The molecule has 0 aliphatic heterocycles. The van der Waals surface area contributed by atoms with Gasteiger partial charge in [0.1, 0.15) is 0 Å². The fourth-order valence-corrected chi connectivity index (χ4v) is 2.76. The van der Waals surface area contributed by atoms with Crippen LogP contribution in [0.4, 0.5) is 0 Å². The molecule has 4 N–H and O–H groups in total. The van der Waals surface area contributed by atoms with Crippen molar-refractivity contribution >= 4 is 0 Å². The topological polar surface area (TPSA) is 52.0 Å². The van der Waals surface area contributed by atoms with E-state index in [2.05, 4.69) is 13.0 Å². The molecule has 1 fully saturated rings. The summed E-state index contributed by atoms with van der Waals surface area (Å²) in [5.41, 5.74) is 13.9. The SMILES string of the molecule is CC1C=C2CCCC(C2)C(N)C1N. The summed E-state index contributed by atoms with van der Waals surface area (Å²) in [6.45, 7) is 2.19. The van der Waals surface area contributed by atoms with E-state index in [1.54, 1.807) is 5.57 Å². The van der Waals surface area contributed by atoms with Gasteiger partial charge in [-0.25, -0.2) is 0 Å². The fraction of sp³-hybridized carbons (Fsp3) is 0.818. The van der Waals surface area contributed by atoms with E-state index in [4.69, 9.17) is 11.5 Å². The second kappa shape index (κ2) is 3.43. The van der Waals surface area contributed by atoms with Crippen LogP contribution in [0.1, 0.15) is 32.6 Å². The van der Waals surface area contributed by atoms with Gasteiger partial charge >= 0.3 is 0 Å². The van der Waals surface area contributed by atoms with Crippen LogP contribution in [0.2, 0.25) is 0 Å². The van der Waals surface area contributed by atoms with Crippen molar-refractivity contribution in [2.24, 2.45) is 23.3 Å². The van der Waals surface area contributed by atoms with Gasteiger partial charge < -0.3 is 11.5 Å². The summed E-state index contributed by atoms with van der Waals surface area (Å²) in [5, 5.41) is 0. The van der Waals surface area contributed by atoms with Crippen LogP contribution >= 0.6 is 0 Å². The first-order valence-corrected chi connectivity index (χ1v) is 5.39. The average Bonchev–Trinajstić information content (AvgIpc) is 2.20. The first kappa shape index (κ1) is 9.22. The van der Waals surface area contributed by atoms with E-state index in [1.165, 1.54) is 25.7 Å². The van der Waals surface area contributed by atoms with Crippen LogP contribution < -0.4 is 11.5 Å². The molecule has 0 aromatic heterocycles. The third kappa shape index (κ3) is 1.65. The highest BCUT2D eigenvalue weighted by Gasteiger charge is 2.32. The van der Waals surface area contributed by atoms with E-state index in [0.717, 1.165) is 0 Å². The number of hydrogen-bond acceptors (Lipinski definition) is 2. The number of hydrogen-bond donors (Lipinski definition) is 2. The highest BCUT2D eigenvalue weighted by Crippen LogP contribution is 2.35. The number of fused-ring (bicyclic) bond motifs is 2. The molecule has 4 unspecified atom stereocenters. The third-order valence-electron chi connectivity index (χ3n) is 3.69. The van der Waals surface area contributed by atoms with Crippen molar-refractivity contribution in [3.63, 3.8) is 0 Å². The average molecular weight is 180 g/mol. The molecule has 4 atom stereocenters. The summed E-state index contributed by atoms with van der Waals surface area (Å²) >= 11 is 0. The van der Waals surface area contributed by atoms with Gasteiger partial charge in [0.2, 0.25) is 0 Å². The lowest BCUT2D eigenvalue weighted by atomic mass is 9.81. The lowest BCUT2D eigenvalue weighted by molar-refractivity contribution is 0.305. The molecule has 2 heteroatoms. The van der Waals surface area contributed by atoms with Crippen molar-refractivity contribution in [2.45, 2.75) is 44.7 Å². The Kier molecular flexibility index (Phi) is 2.43. The van der Waals surface area contributed by atoms with Crippen LogP contribution in [0.5, 0.6) is 0 Å². The van der Waals surface area contributed by atoms with E-state index >= 15 is 0 Å². The molecule has 2 rings (SSSR count). The molecule has 0 spiro atoms. The quantitative estimate of drug-likeness (QED) is 0.554. The van der Waals surface area contributed by atoms with Gasteiger partial charge in [-0.15, -0.1) is 0 Å². The molecule has 2 aliphatic rings. The Bertz CT molecular complexity index is 222. The Hall–Kier alpha value is -0.340. The Morgan fingerprint density at radius 3 is 2.85 bits per heavy atom. The highest BCUT2D eigenvalue weighted by molar-refractivity contribution is 5.14. The molecule has 0 radical (unpaired) electrons. The van der Waals surface area contributed by atoms with Crippen molar-refractivity contribution in [1.82, 2.24) is 0 Å². The minimum Gasteiger partial charge on any atom is -0.326 e. The maximum atomic E-state index is 6.16. The van der Waals surface area contributed by atoms with Crippen LogP contribution in [0.25, 0.3) is 0 Å². The van der Waals surface area contributed by atoms with E-state index < -0.39 is 0 Å². The molecule has 0 aromatic carbocycles. The summed E-state index contributed by atoms with van der Waals surface area (Å²) in [5.74, 6) is 1.12. The zero-order valence-electron chi connectivity index (χ0n) is 8.37. The Balaban J connectivity index is 2.23. The molecule has 2 nitrogen and oxygen atoms in total. The standard InChI is InChI=1S/C11H20N2/c1-7-5-8-3-2-4-9(6-8)11(13)10(7)12/h5,7,9-11H,2-4,6,12-13H2,1H3. The van der Waals surface area contributed by atoms with Crippen molar-refractivity contribution in [3.8, 4) is 0 Å². The number of nitrogens with two attached hydrogens (primary N) is 2. The van der Waals surface area contributed by atoms with Gasteiger partial charge in [-0.2, -0.15) is 0 Å². The minimum atomic E-state index is 0.167. The normalized spacial score (nSPS) is 45.3. The lowest BCUT2D eigenvalue weighted by Crippen LogP contribution is -2.48. The smallest absolute Gasteiger partial charge is 0.0256 e. The molecule has 2 aliphatic carbocycles. The highest BCUT2D eigenvalue weighted by atomic mass is 14.8. The van der Waals surface area contributed by atoms with Crippen LogP contribution in [-0.4, -0.2) is 12.1 Å². The van der Waals surface area contributed by atoms with Gasteiger partial charge in [-0.05, 0) is 37.5 Å². The van der Waals surface area contributed by atoms with Gasteiger partial charge in [0, 0.05) is 12.1 Å². The monoisotopic (exact) mass is 180 g/mol. The minimum absolute atomic E-state index is 0.167. The van der Waals surface area contributed by atoms with Crippen molar-refractivity contribution < 1.29 is 0 Å². The predicted octanol–water partition coefficient (Wildman–Crippen LogP) is 1.41. The Labute approximate surface area is 80.4 Å². The summed E-state index contributed by atoms with van der Waals surface area (Å²) < 4.78 is 0. The van der Waals surface area contributed by atoms with Gasteiger partial charge in [-0.3, -0.25) is 0 Å². The Morgan fingerprint density at radius 1 is 1.31 bits per heavy atom. The zero-order valence-corrected chi connectivity index (χ0v) is 8.37. The van der Waals surface area contributed by atoms with Gasteiger partial charge in [-0.1, -0.05) is 18.6 Å². The number of rotatable bonds is 0. The first-order valence-electron chi connectivity index (χ1n) is 5.39. The van der Waals surface area contributed by atoms with E-state index in [0.29, 0.717) is 11.8 Å². The fourth-order valence-electron chi connectivity index (χ4n) is 2.76. The van der Waals surface area contributed by atoms with Gasteiger partial charge in [0.15, 0.2) is 0 Å². The summed E-state index contributed by atoms with van der Waals surface area (Å²) in [7, 11) is 0. The van der Waals surface area contributed by atoms with Crippen molar-refractivity contribution in [3.05, 3.63) is 11.6 Å². The Morgan fingerprint density at radius 2 is 2.08 bits per heavy atom. The molecular weight excluding hydrogens is 160 g/mol. The molecule has 13 heavy (non-hydrogen) atoms. The molecule has 0 saturated heterocycles. The van der Waals surface area contributed by atoms with Crippen LogP contribution in [-0.2, 0) is 0 Å². The molecule has 74 valence electrons. The largest absolute Gasteiger partial charge is 0.326 e. The maximum absolute atomic E-state index is 6.16. The number of allylic oxidation sites excluding steroid dienone is 1. The van der Waals surface area contributed by atoms with Gasteiger partial charge in [0.25, 0.3) is 0 Å². The van der Waals surface area contributed by atoms with E-state index in [-0.39, 0.29) is 12.1 Å². The first-order chi connectivity index (χ1) is 6.18. The molecule has 1 saturated carbocycles. The molecular formula is C11H20N2. The summed E-state index contributed by atoms with van der Waals surface area (Å²) in [6.07, 6.45) is 7.44. The van der Waals surface area contributed by atoms with Crippen LogP contribution in [0, 0.1) is 11.8 Å². The molecule has 2 bridgehead atoms. The lowest BCUT2D eigenvalue weighted by Gasteiger charge is -2.30. The molecule has 0 aromatic rings. The predicted molar refractivity (Wildman–Crippen MR) is 55.2 cm³/mol. The van der Waals surface area contributed by atoms with E-state index in [9.17, 15) is 0 Å². The summed E-state index contributed by atoms with van der Waals surface area (Å²) in [4.78, 5) is 0.